The van der Waals surface area contributed by atoms with E-state index in [-0.39, 0.29) is 24.7 Å². The van der Waals surface area contributed by atoms with Crippen molar-refractivity contribution >= 4 is 11.6 Å². The molecular formula is C15H23N3O3. The summed E-state index contributed by atoms with van der Waals surface area (Å²) in [4.78, 5) is 14.1. The molecule has 0 bridgehead atoms. The van der Waals surface area contributed by atoms with Crippen LogP contribution in [0.3, 0.4) is 0 Å². The molecule has 0 radical (unpaired) electrons. The quantitative estimate of drug-likeness (QED) is 0.720. The molecule has 0 aliphatic carbocycles. The average Bonchev–Trinajstić information content (AvgIpc) is 2.47. The summed E-state index contributed by atoms with van der Waals surface area (Å²) in [5.74, 6) is -0.0683. The molecule has 6 nitrogen and oxygen atoms in total. The van der Waals surface area contributed by atoms with Gasteiger partial charge in [-0.3, -0.25) is 9.69 Å². The van der Waals surface area contributed by atoms with Gasteiger partial charge in [-0.05, 0) is 24.6 Å². The molecule has 0 aromatic heterocycles. The van der Waals surface area contributed by atoms with E-state index in [1.165, 1.54) is 0 Å². The first-order chi connectivity index (χ1) is 10.1. The lowest BCUT2D eigenvalue weighted by Crippen LogP contribution is -2.50. The van der Waals surface area contributed by atoms with Crippen LogP contribution in [0.4, 0.5) is 5.69 Å². The lowest BCUT2D eigenvalue weighted by molar-refractivity contribution is -0.124. The maximum Gasteiger partial charge on any atom is 0.238 e. The van der Waals surface area contributed by atoms with Crippen molar-refractivity contribution in [2.75, 3.05) is 31.6 Å². The third-order valence-electron chi connectivity index (χ3n) is 3.45. The molecule has 4 N–H and O–H groups in total. The van der Waals surface area contributed by atoms with Gasteiger partial charge in [-0.1, -0.05) is 12.1 Å². The first kappa shape index (κ1) is 15.9. The number of anilines is 1. The van der Waals surface area contributed by atoms with Crippen LogP contribution >= 0.6 is 0 Å². The van der Waals surface area contributed by atoms with Gasteiger partial charge in [-0.25, -0.2) is 0 Å². The zero-order valence-corrected chi connectivity index (χ0v) is 12.3. The van der Waals surface area contributed by atoms with Crippen LogP contribution in [0, 0.1) is 0 Å². The Hall–Kier alpha value is -1.47. The van der Waals surface area contributed by atoms with Crippen molar-refractivity contribution in [3.63, 3.8) is 0 Å². The van der Waals surface area contributed by atoms with Crippen molar-refractivity contribution in [2.24, 2.45) is 5.73 Å². The molecule has 2 rings (SSSR count). The van der Waals surface area contributed by atoms with Gasteiger partial charge in [0.1, 0.15) is 0 Å². The monoisotopic (exact) mass is 293 g/mol. The number of nitrogens with one attached hydrogen (secondary N) is 1. The van der Waals surface area contributed by atoms with E-state index < -0.39 is 0 Å². The molecule has 2 atom stereocenters. The van der Waals surface area contributed by atoms with Gasteiger partial charge >= 0.3 is 0 Å². The number of aliphatic hydroxyl groups excluding tert-OH is 1. The number of amides is 1. The second-order valence-corrected chi connectivity index (χ2v) is 5.39. The predicted molar refractivity (Wildman–Crippen MR) is 80.8 cm³/mol. The number of benzene rings is 1. The zero-order valence-electron chi connectivity index (χ0n) is 12.3. The van der Waals surface area contributed by atoms with Crippen molar-refractivity contribution in [1.29, 1.82) is 0 Å². The topological polar surface area (TPSA) is 87.8 Å². The third kappa shape index (κ3) is 4.78. The van der Waals surface area contributed by atoms with Gasteiger partial charge in [0.25, 0.3) is 0 Å². The second-order valence-electron chi connectivity index (χ2n) is 5.39. The van der Waals surface area contributed by atoms with Crippen LogP contribution in [0.15, 0.2) is 24.3 Å². The molecule has 1 aromatic rings. The first-order valence-corrected chi connectivity index (χ1v) is 7.18. The van der Waals surface area contributed by atoms with E-state index >= 15 is 0 Å². The molecular weight excluding hydrogens is 270 g/mol. The van der Waals surface area contributed by atoms with Gasteiger partial charge in [0, 0.05) is 25.3 Å². The van der Waals surface area contributed by atoms with Crippen molar-refractivity contribution in [2.45, 2.75) is 25.7 Å². The molecule has 1 amide bonds. The minimum absolute atomic E-state index is 0.0209. The molecule has 2 unspecified atom stereocenters. The van der Waals surface area contributed by atoms with Gasteiger partial charge in [-0.15, -0.1) is 0 Å². The van der Waals surface area contributed by atoms with Gasteiger partial charge in [0.15, 0.2) is 0 Å². The molecule has 21 heavy (non-hydrogen) atoms. The lowest BCUT2D eigenvalue weighted by Gasteiger charge is -2.35. The standard InChI is InChI=1S/C15H23N3O3/c1-11-7-18(8-14(10-19)21-11)9-15(20)17-13-4-2-12(6-16)3-5-13/h2-5,11,14,19H,6-10,16H2,1H3,(H,17,20). The number of hydrogen-bond donors (Lipinski definition) is 3. The van der Waals surface area contributed by atoms with Crippen LogP contribution < -0.4 is 11.1 Å². The van der Waals surface area contributed by atoms with Crippen molar-refractivity contribution in [3.8, 4) is 0 Å². The summed E-state index contributed by atoms with van der Waals surface area (Å²) in [6.45, 7) is 3.96. The molecule has 1 aliphatic heterocycles. The number of hydrogen-bond acceptors (Lipinski definition) is 5. The molecule has 1 aliphatic rings. The largest absolute Gasteiger partial charge is 0.394 e. The molecule has 1 fully saturated rings. The Morgan fingerprint density at radius 2 is 2.14 bits per heavy atom. The summed E-state index contributed by atoms with van der Waals surface area (Å²) < 4.78 is 5.56. The third-order valence-corrected chi connectivity index (χ3v) is 3.45. The Labute approximate surface area is 124 Å². The van der Waals surface area contributed by atoms with Gasteiger partial charge < -0.3 is 20.9 Å². The summed E-state index contributed by atoms with van der Waals surface area (Å²) >= 11 is 0. The number of morpholine rings is 1. The van der Waals surface area contributed by atoms with E-state index in [9.17, 15) is 9.90 Å². The highest BCUT2D eigenvalue weighted by molar-refractivity contribution is 5.92. The molecule has 1 saturated heterocycles. The van der Waals surface area contributed by atoms with Crippen LogP contribution in [0.2, 0.25) is 0 Å². The average molecular weight is 293 g/mol. The summed E-state index contributed by atoms with van der Waals surface area (Å²) in [5, 5.41) is 12.0. The van der Waals surface area contributed by atoms with Crippen LogP contribution in [0.5, 0.6) is 0 Å². The highest BCUT2D eigenvalue weighted by Crippen LogP contribution is 2.12. The van der Waals surface area contributed by atoms with E-state index in [2.05, 4.69) is 5.32 Å². The number of nitrogens with zero attached hydrogens (tertiary/aromatic N) is 1. The normalized spacial score (nSPS) is 23.0. The summed E-state index contributed by atoms with van der Waals surface area (Å²) in [5.41, 5.74) is 7.33. The minimum Gasteiger partial charge on any atom is -0.394 e. The Balaban J connectivity index is 1.85. The van der Waals surface area contributed by atoms with Gasteiger partial charge in [0.2, 0.25) is 5.91 Å². The fourth-order valence-corrected chi connectivity index (χ4v) is 2.50. The molecule has 1 aromatic carbocycles. The lowest BCUT2D eigenvalue weighted by atomic mass is 10.2. The predicted octanol–water partition coefficient (Wildman–Crippen LogP) is 0.165. The number of rotatable bonds is 5. The van der Waals surface area contributed by atoms with E-state index in [1.54, 1.807) is 0 Å². The van der Waals surface area contributed by atoms with Crippen molar-refractivity contribution in [3.05, 3.63) is 29.8 Å². The van der Waals surface area contributed by atoms with Crippen LogP contribution in [0.1, 0.15) is 12.5 Å². The van der Waals surface area contributed by atoms with Crippen LogP contribution in [0.25, 0.3) is 0 Å². The Morgan fingerprint density at radius 1 is 1.43 bits per heavy atom. The SMILES string of the molecule is CC1CN(CC(=O)Nc2ccc(CN)cc2)CC(CO)O1. The van der Waals surface area contributed by atoms with Crippen molar-refractivity contribution in [1.82, 2.24) is 4.90 Å². The highest BCUT2D eigenvalue weighted by atomic mass is 16.5. The molecule has 116 valence electrons. The maximum atomic E-state index is 12.1. The molecule has 1 heterocycles. The summed E-state index contributed by atoms with van der Waals surface area (Å²) in [6, 6.07) is 7.49. The molecule has 0 spiro atoms. The van der Waals surface area contributed by atoms with E-state index in [4.69, 9.17) is 10.5 Å². The zero-order chi connectivity index (χ0) is 15.2. The van der Waals surface area contributed by atoms with Crippen molar-refractivity contribution < 1.29 is 14.6 Å². The van der Waals surface area contributed by atoms with Crippen LogP contribution in [-0.2, 0) is 16.1 Å². The number of carbonyl (C=O) groups is 1. The molecule has 0 saturated carbocycles. The number of nitrogens with two attached hydrogens (primary N) is 1. The molecule has 6 heteroatoms. The summed E-state index contributed by atoms with van der Waals surface area (Å²) in [7, 11) is 0. The van der Waals surface area contributed by atoms with E-state index in [0.29, 0.717) is 26.2 Å². The second kappa shape index (κ2) is 7.51. The number of carbonyl (C=O) groups excluding carboxylic acids is 1. The Bertz CT molecular complexity index is 464. The Morgan fingerprint density at radius 3 is 2.76 bits per heavy atom. The fraction of sp³-hybridized carbons (Fsp3) is 0.533. The number of aliphatic hydroxyl groups is 1. The Kier molecular flexibility index (Phi) is 5.69. The maximum absolute atomic E-state index is 12.1. The minimum atomic E-state index is -0.217. The van der Waals surface area contributed by atoms with Crippen LogP contribution in [-0.4, -0.2) is 54.4 Å². The number of ether oxygens (including phenoxy) is 1. The summed E-state index contributed by atoms with van der Waals surface area (Å²) in [6.07, 6.45) is -0.196. The van der Waals surface area contributed by atoms with Gasteiger partial charge in [0.05, 0.1) is 25.4 Å². The van der Waals surface area contributed by atoms with E-state index in [0.717, 1.165) is 11.3 Å². The first-order valence-electron chi connectivity index (χ1n) is 7.18. The van der Waals surface area contributed by atoms with E-state index in [1.807, 2.05) is 36.1 Å². The van der Waals surface area contributed by atoms with Gasteiger partial charge in [-0.2, -0.15) is 0 Å². The highest BCUT2D eigenvalue weighted by Gasteiger charge is 2.25. The smallest absolute Gasteiger partial charge is 0.238 e. The fourth-order valence-electron chi connectivity index (χ4n) is 2.50.